The third-order valence-corrected chi connectivity index (χ3v) is 6.02. The number of hydrogen-bond donors (Lipinski definition) is 1. The van der Waals surface area contributed by atoms with E-state index in [0.29, 0.717) is 23.7 Å². The van der Waals surface area contributed by atoms with Gasteiger partial charge in [0.2, 0.25) is 22.7 Å². The van der Waals surface area contributed by atoms with Crippen molar-refractivity contribution >= 4 is 21.6 Å². The van der Waals surface area contributed by atoms with Crippen LogP contribution in [0.1, 0.15) is 6.42 Å². The van der Waals surface area contributed by atoms with Crippen molar-refractivity contribution in [2.45, 2.75) is 11.3 Å². The number of benzene rings is 2. The maximum Gasteiger partial charge on any atom is 0.243 e. The summed E-state index contributed by atoms with van der Waals surface area (Å²) in [6, 6.07) is 10.4. The molecule has 2 aromatic rings. The molecule has 1 amide bonds. The number of amides is 1. The van der Waals surface area contributed by atoms with E-state index in [0.717, 1.165) is 6.07 Å². The molecule has 2 aromatic carbocycles. The number of nitrogens with zero attached hydrogens (tertiary/aromatic N) is 1. The highest BCUT2D eigenvalue weighted by Gasteiger charge is 2.32. The highest BCUT2D eigenvalue weighted by atomic mass is 32.2. The van der Waals surface area contributed by atoms with Gasteiger partial charge in [-0.3, -0.25) is 4.79 Å². The summed E-state index contributed by atoms with van der Waals surface area (Å²) in [6.45, 7) is 0.551. The summed E-state index contributed by atoms with van der Waals surface area (Å²) in [4.78, 5) is 13.5. The molecular weight excluding hydrogens is 375 g/mol. The quantitative estimate of drug-likeness (QED) is 0.840. The monoisotopic (exact) mass is 392 g/mol. The predicted molar refractivity (Wildman–Crippen MR) is 94.6 cm³/mol. The van der Waals surface area contributed by atoms with E-state index in [-0.39, 0.29) is 31.6 Å². The number of carbonyl (C=O) groups excluding carboxylic acids is 1. The Bertz CT molecular complexity index is 995. The summed E-state index contributed by atoms with van der Waals surface area (Å²) in [5.41, 5.74) is 0.670. The third-order valence-electron chi connectivity index (χ3n) is 4.56. The molecule has 0 bridgehead atoms. The molecule has 0 spiro atoms. The highest BCUT2D eigenvalue weighted by molar-refractivity contribution is 7.89. The Morgan fingerprint density at radius 3 is 2.74 bits per heavy atom. The maximum atomic E-state index is 13.7. The fourth-order valence-corrected chi connectivity index (χ4v) is 4.38. The standard InChI is InChI=1S/C18H17FN2O5S/c19-14-3-1-2-4-17(14)27(23,24)20-9-12-7-18(22)21(10-12)13-5-6-15-16(8-13)26-11-25-15/h1-6,8,12,20H,7,9-11H2. The first kappa shape index (κ1) is 17.7. The van der Waals surface area contributed by atoms with Gasteiger partial charge in [0.05, 0.1) is 0 Å². The molecule has 9 heteroatoms. The SMILES string of the molecule is O=C1CC(CNS(=O)(=O)c2ccccc2F)CN1c1ccc2c(c1)OCO2. The van der Waals surface area contributed by atoms with Crippen molar-refractivity contribution in [1.29, 1.82) is 0 Å². The number of hydrogen-bond acceptors (Lipinski definition) is 5. The van der Waals surface area contributed by atoms with Crippen molar-refractivity contribution in [1.82, 2.24) is 4.72 Å². The lowest BCUT2D eigenvalue weighted by Crippen LogP contribution is -2.31. The van der Waals surface area contributed by atoms with Gasteiger partial charge in [-0.15, -0.1) is 0 Å². The lowest BCUT2D eigenvalue weighted by atomic mass is 10.1. The van der Waals surface area contributed by atoms with E-state index in [1.54, 1.807) is 23.1 Å². The largest absolute Gasteiger partial charge is 0.454 e. The van der Waals surface area contributed by atoms with Crippen molar-refractivity contribution in [2.24, 2.45) is 5.92 Å². The van der Waals surface area contributed by atoms with Crippen LogP contribution in [0.25, 0.3) is 0 Å². The van der Waals surface area contributed by atoms with E-state index in [4.69, 9.17) is 9.47 Å². The van der Waals surface area contributed by atoms with Crippen LogP contribution in [0.5, 0.6) is 11.5 Å². The molecule has 1 atom stereocenters. The Morgan fingerprint density at radius 1 is 1.15 bits per heavy atom. The van der Waals surface area contributed by atoms with Gasteiger partial charge in [0.25, 0.3) is 0 Å². The van der Waals surface area contributed by atoms with Crippen LogP contribution in [0.4, 0.5) is 10.1 Å². The van der Waals surface area contributed by atoms with Crippen molar-refractivity contribution < 1.29 is 27.1 Å². The first-order valence-electron chi connectivity index (χ1n) is 8.38. The number of halogens is 1. The van der Waals surface area contributed by atoms with Crippen LogP contribution in [-0.4, -0.2) is 34.2 Å². The van der Waals surface area contributed by atoms with Crippen LogP contribution in [0.2, 0.25) is 0 Å². The molecule has 2 aliphatic heterocycles. The molecule has 142 valence electrons. The molecule has 4 rings (SSSR count). The summed E-state index contributed by atoms with van der Waals surface area (Å²) in [6.07, 6.45) is 0.203. The molecule has 2 heterocycles. The van der Waals surface area contributed by atoms with Gasteiger partial charge >= 0.3 is 0 Å². The van der Waals surface area contributed by atoms with Crippen LogP contribution in [0, 0.1) is 11.7 Å². The second-order valence-electron chi connectivity index (χ2n) is 6.39. The Balaban J connectivity index is 1.43. The second-order valence-corrected chi connectivity index (χ2v) is 8.13. The molecule has 2 aliphatic rings. The van der Waals surface area contributed by atoms with Gasteiger partial charge in [0, 0.05) is 31.3 Å². The average Bonchev–Trinajstić information content (AvgIpc) is 3.26. The molecule has 1 unspecified atom stereocenters. The molecule has 1 fully saturated rings. The topological polar surface area (TPSA) is 84.9 Å². The Kier molecular flexibility index (Phi) is 4.48. The Labute approximate surface area is 155 Å². The first-order valence-corrected chi connectivity index (χ1v) is 9.86. The van der Waals surface area contributed by atoms with Crippen molar-refractivity contribution in [3.63, 3.8) is 0 Å². The fraction of sp³-hybridized carbons (Fsp3) is 0.278. The van der Waals surface area contributed by atoms with E-state index in [1.165, 1.54) is 18.2 Å². The normalized spacial score (nSPS) is 18.9. The average molecular weight is 392 g/mol. The highest BCUT2D eigenvalue weighted by Crippen LogP contribution is 2.37. The van der Waals surface area contributed by atoms with E-state index < -0.39 is 20.7 Å². The van der Waals surface area contributed by atoms with Crippen molar-refractivity contribution in [2.75, 3.05) is 24.8 Å². The summed E-state index contributed by atoms with van der Waals surface area (Å²) >= 11 is 0. The van der Waals surface area contributed by atoms with Gasteiger partial charge in [-0.1, -0.05) is 12.1 Å². The minimum Gasteiger partial charge on any atom is -0.454 e. The van der Waals surface area contributed by atoms with Crippen LogP contribution in [0.15, 0.2) is 47.4 Å². The van der Waals surface area contributed by atoms with Crippen LogP contribution < -0.4 is 19.1 Å². The zero-order chi connectivity index (χ0) is 19.0. The van der Waals surface area contributed by atoms with E-state index in [1.807, 2.05) is 0 Å². The summed E-state index contributed by atoms with van der Waals surface area (Å²) in [5.74, 6) is 0.0616. The van der Waals surface area contributed by atoms with Gasteiger partial charge in [-0.2, -0.15) is 0 Å². The van der Waals surface area contributed by atoms with Crippen LogP contribution in [-0.2, 0) is 14.8 Å². The summed E-state index contributed by atoms with van der Waals surface area (Å²) in [7, 11) is -3.98. The van der Waals surface area contributed by atoms with Crippen molar-refractivity contribution in [3.8, 4) is 11.5 Å². The summed E-state index contributed by atoms with van der Waals surface area (Å²) < 4.78 is 51.3. The fourth-order valence-electron chi connectivity index (χ4n) is 3.19. The van der Waals surface area contributed by atoms with E-state index in [2.05, 4.69) is 4.72 Å². The Hall–Kier alpha value is -2.65. The minimum absolute atomic E-state index is 0.0451. The zero-order valence-electron chi connectivity index (χ0n) is 14.2. The molecule has 7 nitrogen and oxygen atoms in total. The van der Waals surface area contributed by atoms with Gasteiger partial charge < -0.3 is 14.4 Å². The number of carbonyl (C=O) groups is 1. The second kappa shape index (κ2) is 6.82. The molecule has 0 radical (unpaired) electrons. The lowest BCUT2D eigenvalue weighted by molar-refractivity contribution is -0.117. The third kappa shape index (κ3) is 3.47. The number of rotatable bonds is 5. The number of ether oxygens (including phenoxy) is 2. The van der Waals surface area contributed by atoms with Crippen LogP contribution in [0.3, 0.4) is 0 Å². The van der Waals surface area contributed by atoms with E-state index in [9.17, 15) is 17.6 Å². The lowest BCUT2D eigenvalue weighted by Gasteiger charge is -2.17. The van der Waals surface area contributed by atoms with Gasteiger partial charge in [0.15, 0.2) is 11.5 Å². The van der Waals surface area contributed by atoms with Gasteiger partial charge in [-0.25, -0.2) is 17.5 Å². The molecule has 1 N–H and O–H groups in total. The molecule has 27 heavy (non-hydrogen) atoms. The summed E-state index contributed by atoms with van der Waals surface area (Å²) in [5, 5.41) is 0. The Morgan fingerprint density at radius 2 is 1.93 bits per heavy atom. The smallest absolute Gasteiger partial charge is 0.243 e. The number of fused-ring (bicyclic) bond motifs is 1. The van der Waals surface area contributed by atoms with Gasteiger partial charge in [-0.05, 0) is 30.2 Å². The number of sulfonamides is 1. The molecule has 1 saturated heterocycles. The van der Waals surface area contributed by atoms with E-state index >= 15 is 0 Å². The van der Waals surface area contributed by atoms with Gasteiger partial charge in [0.1, 0.15) is 10.7 Å². The number of anilines is 1. The minimum atomic E-state index is -3.98. The van der Waals surface area contributed by atoms with Crippen LogP contribution >= 0.6 is 0 Å². The molecule has 0 saturated carbocycles. The molecular formula is C18H17FN2O5S. The maximum absolute atomic E-state index is 13.7. The first-order chi connectivity index (χ1) is 12.9. The predicted octanol–water partition coefficient (Wildman–Crippen LogP) is 1.89. The number of nitrogens with one attached hydrogen (secondary N) is 1. The van der Waals surface area contributed by atoms with Crippen molar-refractivity contribution in [3.05, 3.63) is 48.3 Å². The molecule has 0 aliphatic carbocycles. The zero-order valence-corrected chi connectivity index (χ0v) is 15.0. The molecule has 0 aromatic heterocycles.